The van der Waals surface area contributed by atoms with Gasteiger partial charge < -0.3 is 10.1 Å². The first-order valence-corrected chi connectivity index (χ1v) is 8.10. The average molecular weight is 398 g/mol. The van der Waals surface area contributed by atoms with Crippen molar-refractivity contribution in [2.45, 2.75) is 25.4 Å². The number of nitrogens with zero attached hydrogens (tertiary/aromatic N) is 1. The first kappa shape index (κ1) is 14.0. The first-order valence-electron chi connectivity index (χ1n) is 6.52. The lowest BCUT2D eigenvalue weighted by molar-refractivity contribution is 0.458. The van der Waals surface area contributed by atoms with Crippen LogP contribution < -0.4 is 10.1 Å². The fraction of sp³-hybridized carbons (Fsp3) is 0.267. The summed E-state index contributed by atoms with van der Waals surface area (Å²) in [6, 6.07) is 10.5. The van der Waals surface area contributed by atoms with E-state index in [4.69, 9.17) is 4.74 Å². The Hall–Kier alpha value is -0.910. The molecule has 2 aromatic rings. The van der Waals surface area contributed by atoms with E-state index in [0.717, 1.165) is 21.2 Å². The minimum Gasteiger partial charge on any atom is -0.438 e. The van der Waals surface area contributed by atoms with Gasteiger partial charge in [-0.2, -0.15) is 0 Å². The van der Waals surface area contributed by atoms with Gasteiger partial charge in [0.15, 0.2) is 0 Å². The lowest BCUT2D eigenvalue weighted by atomic mass is 10.2. The van der Waals surface area contributed by atoms with Crippen molar-refractivity contribution in [2.24, 2.45) is 0 Å². The molecule has 0 spiro atoms. The number of hydrogen-bond acceptors (Lipinski definition) is 3. The van der Waals surface area contributed by atoms with Gasteiger partial charge in [-0.25, -0.2) is 4.98 Å². The molecule has 1 aliphatic rings. The van der Waals surface area contributed by atoms with Gasteiger partial charge in [0.1, 0.15) is 5.75 Å². The highest BCUT2D eigenvalue weighted by Gasteiger charge is 2.19. The molecule has 0 atom stereocenters. The third kappa shape index (κ3) is 3.81. The lowest BCUT2D eigenvalue weighted by Crippen LogP contribution is -2.15. The second kappa shape index (κ2) is 6.24. The summed E-state index contributed by atoms with van der Waals surface area (Å²) in [5, 5.41) is 3.48. The van der Waals surface area contributed by atoms with Gasteiger partial charge in [0.2, 0.25) is 5.88 Å². The molecule has 1 aliphatic carbocycles. The van der Waals surface area contributed by atoms with Gasteiger partial charge in [-0.1, -0.05) is 15.9 Å². The lowest BCUT2D eigenvalue weighted by Gasteiger charge is -2.09. The van der Waals surface area contributed by atoms with Crippen molar-refractivity contribution in [3.63, 3.8) is 0 Å². The average Bonchev–Trinajstić information content (AvgIpc) is 3.24. The molecule has 0 amide bonds. The summed E-state index contributed by atoms with van der Waals surface area (Å²) >= 11 is 6.91. The second-order valence-corrected chi connectivity index (χ2v) is 6.60. The van der Waals surface area contributed by atoms with E-state index in [0.29, 0.717) is 11.9 Å². The largest absolute Gasteiger partial charge is 0.438 e. The summed E-state index contributed by atoms with van der Waals surface area (Å²) in [6.07, 6.45) is 4.37. The van der Waals surface area contributed by atoms with Crippen molar-refractivity contribution >= 4 is 31.9 Å². The number of hydrogen-bond donors (Lipinski definition) is 1. The van der Waals surface area contributed by atoms with Gasteiger partial charge in [0.25, 0.3) is 0 Å². The van der Waals surface area contributed by atoms with E-state index in [9.17, 15) is 0 Å². The molecule has 1 N–H and O–H groups in total. The maximum absolute atomic E-state index is 5.82. The maximum atomic E-state index is 5.82. The molecular formula is C15H14Br2N2O. The van der Waals surface area contributed by atoms with Crippen molar-refractivity contribution < 1.29 is 4.74 Å². The molecule has 1 fully saturated rings. The van der Waals surface area contributed by atoms with Crippen LogP contribution in [0.15, 0.2) is 45.5 Å². The van der Waals surface area contributed by atoms with Gasteiger partial charge in [-0.15, -0.1) is 0 Å². The SMILES string of the molecule is Brc1ccc(Oc2cc(CNC3CC3)ccn2)c(Br)c1. The van der Waals surface area contributed by atoms with Gasteiger partial charge in [0.05, 0.1) is 4.47 Å². The molecule has 0 radical (unpaired) electrons. The predicted molar refractivity (Wildman–Crippen MR) is 86.0 cm³/mol. The molecule has 3 nitrogen and oxygen atoms in total. The van der Waals surface area contributed by atoms with Gasteiger partial charge >= 0.3 is 0 Å². The summed E-state index contributed by atoms with van der Waals surface area (Å²) in [5.74, 6) is 1.37. The molecule has 0 saturated heterocycles. The van der Waals surface area contributed by atoms with Crippen molar-refractivity contribution in [1.29, 1.82) is 0 Å². The second-order valence-electron chi connectivity index (χ2n) is 4.83. The Bertz CT molecular complexity index is 615. The summed E-state index contributed by atoms with van der Waals surface area (Å²) in [6.45, 7) is 0.866. The minimum atomic E-state index is 0.614. The fourth-order valence-electron chi connectivity index (χ4n) is 1.84. The van der Waals surface area contributed by atoms with Crippen LogP contribution in [0, 0.1) is 0 Å². The summed E-state index contributed by atoms with van der Waals surface area (Å²) < 4.78 is 7.73. The number of aromatic nitrogens is 1. The van der Waals surface area contributed by atoms with Crippen LogP contribution in [0.2, 0.25) is 0 Å². The first-order chi connectivity index (χ1) is 9.70. The fourth-order valence-corrected chi connectivity index (χ4v) is 2.96. The quantitative estimate of drug-likeness (QED) is 0.797. The zero-order valence-electron chi connectivity index (χ0n) is 10.8. The number of halogens is 2. The van der Waals surface area contributed by atoms with E-state index in [1.165, 1.54) is 18.4 Å². The van der Waals surface area contributed by atoms with E-state index < -0.39 is 0 Å². The smallest absolute Gasteiger partial charge is 0.219 e. The molecule has 1 aromatic carbocycles. The number of ether oxygens (including phenoxy) is 1. The van der Waals surface area contributed by atoms with Crippen LogP contribution in [0.1, 0.15) is 18.4 Å². The summed E-state index contributed by atoms with van der Waals surface area (Å²) in [7, 11) is 0. The molecule has 104 valence electrons. The highest BCUT2D eigenvalue weighted by atomic mass is 79.9. The zero-order chi connectivity index (χ0) is 13.9. The molecule has 0 bridgehead atoms. The Morgan fingerprint density at radius 3 is 2.80 bits per heavy atom. The molecule has 1 heterocycles. The monoisotopic (exact) mass is 396 g/mol. The molecule has 1 aromatic heterocycles. The van der Waals surface area contributed by atoms with E-state index in [1.54, 1.807) is 6.20 Å². The van der Waals surface area contributed by atoms with Crippen molar-refractivity contribution in [3.05, 3.63) is 51.0 Å². The third-order valence-corrected chi connectivity index (χ3v) is 4.19. The highest BCUT2D eigenvalue weighted by Crippen LogP contribution is 2.31. The Balaban J connectivity index is 1.70. The molecule has 20 heavy (non-hydrogen) atoms. The van der Waals surface area contributed by atoms with E-state index >= 15 is 0 Å². The Kier molecular flexibility index (Phi) is 4.38. The van der Waals surface area contributed by atoms with Crippen LogP contribution in [0.5, 0.6) is 11.6 Å². The van der Waals surface area contributed by atoms with E-state index in [-0.39, 0.29) is 0 Å². The minimum absolute atomic E-state index is 0.614. The predicted octanol–water partition coefficient (Wildman–Crippen LogP) is 4.65. The normalized spacial score (nSPS) is 14.3. The van der Waals surface area contributed by atoms with Crippen LogP contribution in [0.4, 0.5) is 0 Å². The van der Waals surface area contributed by atoms with Gasteiger partial charge in [-0.05, 0) is 58.6 Å². The molecule has 0 unspecified atom stereocenters. The van der Waals surface area contributed by atoms with Crippen LogP contribution in [0.3, 0.4) is 0 Å². The van der Waals surface area contributed by atoms with Gasteiger partial charge in [-0.3, -0.25) is 0 Å². The molecule has 3 rings (SSSR count). The van der Waals surface area contributed by atoms with Gasteiger partial charge in [0, 0.05) is 29.3 Å². The topological polar surface area (TPSA) is 34.1 Å². The highest BCUT2D eigenvalue weighted by molar-refractivity contribution is 9.11. The van der Waals surface area contributed by atoms with Crippen molar-refractivity contribution in [1.82, 2.24) is 10.3 Å². The zero-order valence-corrected chi connectivity index (χ0v) is 13.9. The molecular weight excluding hydrogens is 384 g/mol. The van der Waals surface area contributed by atoms with E-state index in [1.807, 2.05) is 30.3 Å². The number of nitrogens with one attached hydrogen (secondary N) is 1. The maximum Gasteiger partial charge on any atom is 0.219 e. The Morgan fingerprint density at radius 2 is 2.05 bits per heavy atom. The van der Waals surface area contributed by atoms with Crippen LogP contribution >= 0.6 is 31.9 Å². The van der Waals surface area contributed by atoms with Crippen molar-refractivity contribution in [3.8, 4) is 11.6 Å². The third-order valence-electron chi connectivity index (χ3n) is 3.08. The van der Waals surface area contributed by atoms with E-state index in [2.05, 4.69) is 42.2 Å². The summed E-state index contributed by atoms with van der Waals surface area (Å²) in [5.41, 5.74) is 1.19. The van der Waals surface area contributed by atoms with Crippen LogP contribution in [-0.2, 0) is 6.54 Å². The van der Waals surface area contributed by atoms with Crippen molar-refractivity contribution in [2.75, 3.05) is 0 Å². The molecule has 1 saturated carbocycles. The van der Waals surface area contributed by atoms with Crippen LogP contribution in [-0.4, -0.2) is 11.0 Å². The standard InChI is InChI=1S/C15H14Br2N2O/c16-11-1-4-14(13(17)8-11)20-15-7-10(5-6-18-15)9-19-12-2-3-12/h1,4-8,12,19H,2-3,9H2. The number of pyridine rings is 1. The number of benzene rings is 1. The Labute approximate surface area is 135 Å². The Morgan fingerprint density at radius 1 is 1.20 bits per heavy atom. The van der Waals surface area contributed by atoms with Crippen LogP contribution in [0.25, 0.3) is 0 Å². The molecule has 5 heteroatoms. The summed E-state index contributed by atoms with van der Waals surface area (Å²) in [4.78, 5) is 4.26. The number of rotatable bonds is 5. The molecule has 0 aliphatic heterocycles.